The molecule has 0 spiro atoms. The predicted octanol–water partition coefficient (Wildman–Crippen LogP) is 3.99. The third-order valence-electron chi connectivity index (χ3n) is 3.20. The van der Waals surface area contributed by atoms with Crippen LogP contribution in [0.3, 0.4) is 0 Å². The topological polar surface area (TPSA) is 38.3 Å². The Morgan fingerprint density at radius 2 is 1.67 bits per heavy atom. The molecule has 0 saturated carbocycles. The molecule has 1 aliphatic rings. The zero-order chi connectivity index (χ0) is 15.0. The normalized spacial score (nSPS) is 17.3. The van der Waals surface area contributed by atoms with Crippen molar-refractivity contribution < 1.29 is 22.7 Å². The highest BCUT2D eigenvalue weighted by atomic mass is 19.4. The minimum atomic E-state index is -4.37. The molecule has 1 unspecified atom stereocenters. The number of carbonyl (C=O) groups excluding carboxylic acids is 1. The smallest absolute Gasteiger partial charge is 0.416 e. The third-order valence-corrected chi connectivity index (χ3v) is 3.20. The summed E-state index contributed by atoms with van der Waals surface area (Å²) in [5.41, 5.74) is 0.846. The van der Waals surface area contributed by atoms with Crippen molar-refractivity contribution in [1.82, 2.24) is 0 Å². The van der Waals surface area contributed by atoms with Crippen LogP contribution in [0, 0.1) is 0 Å². The molecule has 21 heavy (non-hydrogen) atoms. The summed E-state index contributed by atoms with van der Waals surface area (Å²) in [6.45, 7) is 0. The van der Waals surface area contributed by atoms with Crippen molar-refractivity contribution in [3.8, 4) is 0 Å². The summed E-state index contributed by atoms with van der Waals surface area (Å²) in [4.78, 5) is 11.6. The first-order chi connectivity index (χ1) is 9.95. The SMILES string of the molecule is O=C1OC(Nc2ccc(C(F)(F)F)cc2)c2ccccc21. The third kappa shape index (κ3) is 2.56. The van der Waals surface area contributed by atoms with Crippen molar-refractivity contribution >= 4 is 11.7 Å². The molecular formula is C15H10F3NO2. The van der Waals surface area contributed by atoms with Gasteiger partial charge in [0, 0.05) is 11.3 Å². The number of alkyl halides is 3. The van der Waals surface area contributed by atoms with Gasteiger partial charge in [-0.1, -0.05) is 18.2 Å². The van der Waals surface area contributed by atoms with E-state index in [1.807, 2.05) is 0 Å². The second-order valence-electron chi connectivity index (χ2n) is 4.59. The Labute approximate surface area is 118 Å². The Bertz CT molecular complexity index is 680. The Morgan fingerprint density at radius 3 is 2.33 bits per heavy atom. The van der Waals surface area contributed by atoms with E-state index in [-0.39, 0.29) is 0 Å². The predicted molar refractivity (Wildman–Crippen MR) is 69.7 cm³/mol. The van der Waals surface area contributed by atoms with Gasteiger partial charge in [-0.15, -0.1) is 0 Å². The van der Waals surface area contributed by atoms with Gasteiger partial charge in [-0.3, -0.25) is 0 Å². The van der Waals surface area contributed by atoms with E-state index in [0.29, 0.717) is 16.8 Å². The number of anilines is 1. The molecule has 0 bridgehead atoms. The van der Waals surface area contributed by atoms with E-state index in [1.165, 1.54) is 12.1 Å². The monoisotopic (exact) mass is 293 g/mol. The molecule has 0 fully saturated rings. The molecule has 1 atom stereocenters. The molecule has 0 amide bonds. The van der Waals surface area contributed by atoms with Gasteiger partial charge in [-0.05, 0) is 30.3 Å². The molecule has 1 aliphatic heterocycles. The zero-order valence-corrected chi connectivity index (χ0v) is 10.6. The van der Waals surface area contributed by atoms with E-state index in [9.17, 15) is 18.0 Å². The molecule has 3 rings (SSSR count). The lowest BCUT2D eigenvalue weighted by atomic mass is 10.1. The summed E-state index contributed by atoms with van der Waals surface area (Å²) < 4.78 is 42.6. The van der Waals surface area contributed by atoms with Crippen molar-refractivity contribution in [2.24, 2.45) is 0 Å². The molecule has 108 valence electrons. The lowest BCUT2D eigenvalue weighted by Gasteiger charge is -2.15. The molecular weight excluding hydrogens is 283 g/mol. The number of cyclic esters (lactones) is 1. The fraction of sp³-hybridized carbons (Fsp3) is 0.133. The summed E-state index contributed by atoms with van der Waals surface area (Å²) in [6, 6.07) is 11.4. The van der Waals surface area contributed by atoms with E-state index < -0.39 is 23.9 Å². The molecule has 6 heteroatoms. The van der Waals surface area contributed by atoms with Crippen LogP contribution in [-0.4, -0.2) is 5.97 Å². The Hall–Kier alpha value is -2.50. The number of ether oxygens (including phenoxy) is 1. The first-order valence-corrected chi connectivity index (χ1v) is 6.19. The van der Waals surface area contributed by atoms with E-state index >= 15 is 0 Å². The lowest BCUT2D eigenvalue weighted by molar-refractivity contribution is -0.137. The maximum Gasteiger partial charge on any atom is 0.416 e. The lowest BCUT2D eigenvalue weighted by Crippen LogP contribution is -2.11. The fourth-order valence-electron chi connectivity index (χ4n) is 2.16. The second-order valence-corrected chi connectivity index (χ2v) is 4.59. The van der Waals surface area contributed by atoms with Crippen molar-refractivity contribution in [3.63, 3.8) is 0 Å². The van der Waals surface area contributed by atoms with Crippen molar-refractivity contribution in [2.75, 3.05) is 5.32 Å². The highest BCUT2D eigenvalue weighted by Crippen LogP contribution is 2.33. The van der Waals surface area contributed by atoms with Gasteiger partial charge in [0.1, 0.15) is 0 Å². The van der Waals surface area contributed by atoms with Crippen LogP contribution in [-0.2, 0) is 10.9 Å². The summed E-state index contributed by atoms with van der Waals surface area (Å²) in [6.07, 6.45) is -5.06. The zero-order valence-electron chi connectivity index (χ0n) is 10.6. The van der Waals surface area contributed by atoms with Gasteiger partial charge in [0.25, 0.3) is 0 Å². The van der Waals surface area contributed by atoms with Crippen LogP contribution in [0.4, 0.5) is 18.9 Å². The fourth-order valence-corrected chi connectivity index (χ4v) is 2.16. The number of benzene rings is 2. The number of hydrogen-bond donors (Lipinski definition) is 1. The molecule has 2 aromatic rings. The van der Waals surface area contributed by atoms with Crippen LogP contribution in [0.1, 0.15) is 27.7 Å². The summed E-state index contributed by atoms with van der Waals surface area (Å²) in [7, 11) is 0. The molecule has 1 N–H and O–H groups in total. The quantitative estimate of drug-likeness (QED) is 0.851. The summed E-state index contributed by atoms with van der Waals surface area (Å²) >= 11 is 0. The summed E-state index contributed by atoms with van der Waals surface area (Å²) in [5, 5.41) is 2.90. The number of halogens is 3. The number of hydrogen-bond acceptors (Lipinski definition) is 3. The van der Waals surface area contributed by atoms with Gasteiger partial charge in [0.2, 0.25) is 6.23 Å². The number of carbonyl (C=O) groups is 1. The van der Waals surface area contributed by atoms with Crippen molar-refractivity contribution in [2.45, 2.75) is 12.4 Å². The van der Waals surface area contributed by atoms with E-state index in [1.54, 1.807) is 24.3 Å². The standard InChI is InChI=1S/C15H10F3NO2/c16-15(17,18)9-5-7-10(8-6-9)19-13-11-3-1-2-4-12(11)14(20)21-13/h1-8,13,19H. The Kier molecular flexibility index (Phi) is 3.08. The van der Waals surface area contributed by atoms with Crippen molar-refractivity contribution in [3.05, 3.63) is 65.2 Å². The van der Waals surface area contributed by atoms with E-state index in [4.69, 9.17) is 4.74 Å². The molecule has 0 aromatic heterocycles. The Balaban J connectivity index is 1.81. The molecule has 0 aliphatic carbocycles. The molecule has 0 radical (unpaired) electrons. The first-order valence-electron chi connectivity index (χ1n) is 6.19. The average Bonchev–Trinajstić information content (AvgIpc) is 2.76. The number of rotatable bonds is 2. The summed E-state index contributed by atoms with van der Waals surface area (Å²) in [5.74, 6) is -0.449. The molecule has 1 heterocycles. The van der Waals surface area contributed by atoms with Crippen molar-refractivity contribution in [1.29, 1.82) is 0 Å². The highest BCUT2D eigenvalue weighted by molar-refractivity contribution is 5.94. The van der Waals surface area contributed by atoms with Crippen LogP contribution in [0.25, 0.3) is 0 Å². The van der Waals surface area contributed by atoms with Gasteiger partial charge in [0.15, 0.2) is 0 Å². The minimum Gasteiger partial charge on any atom is -0.434 e. The van der Waals surface area contributed by atoms with Gasteiger partial charge in [0.05, 0.1) is 11.1 Å². The number of esters is 1. The van der Waals surface area contributed by atoms with Gasteiger partial charge >= 0.3 is 12.1 Å². The maximum atomic E-state index is 12.5. The minimum absolute atomic E-state index is 0.442. The van der Waals surface area contributed by atoms with E-state index in [2.05, 4.69) is 5.32 Å². The van der Waals surface area contributed by atoms with Crippen LogP contribution < -0.4 is 5.32 Å². The van der Waals surface area contributed by atoms with Crippen LogP contribution in [0.2, 0.25) is 0 Å². The van der Waals surface area contributed by atoms with Gasteiger partial charge in [-0.25, -0.2) is 4.79 Å². The van der Waals surface area contributed by atoms with Gasteiger partial charge < -0.3 is 10.1 Å². The van der Waals surface area contributed by atoms with Gasteiger partial charge in [-0.2, -0.15) is 13.2 Å². The van der Waals surface area contributed by atoms with Crippen LogP contribution in [0.15, 0.2) is 48.5 Å². The molecule has 0 saturated heterocycles. The highest BCUT2D eigenvalue weighted by Gasteiger charge is 2.32. The molecule has 2 aromatic carbocycles. The van der Waals surface area contributed by atoms with Crippen LogP contribution in [0.5, 0.6) is 0 Å². The number of nitrogens with one attached hydrogen (secondary N) is 1. The Morgan fingerprint density at radius 1 is 1.00 bits per heavy atom. The largest absolute Gasteiger partial charge is 0.434 e. The molecule has 3 nitrogen and oxygen atoms in total. The first kappa shape index (κ1) is 13.5. The van der Waals surface area contributed by atoms with E-state index in [0.717, 1.165) is 12.1 Å². The average molecular weight is 293 g/mol. The maximum absolute atomic E-state index is 12.5. The number of fused-ring (bicyclic) bond motifs is 1. The second kappa shape index (κ2) is 4.80. The van der Waals surface area contributed by atoms with Crippen LogP contribution >= 0.6 is 0 Å².